The summed E-state index contributed by atoms with van der Waals surface area (Å²) < 4.78 is 15.0. The number of carbonyl (C=O) groups is 4. The molecule has 29 heavy (non-hydrogen) atoms. The number of hydrogen-bond donors (Lipinski definition) is 1. The molecule has 0 radical (unpaired) electrons. The van der Waals surface area contributed by atoms with Gasteiger partial charge in [0.25, 0.3) is 0 Å². The molecule has 1 unspecified atom stereocenters. The third-order valence-electron chi connectivity index (χ3n) is 4.30. The van der Waals surface area contributed by atoms with Crippen molar-refractivity contribution in [2.75, 3.05) is 13.4 Å². The van der Waals surface area contributed by atoms with Crippen LogP contribution in [0.3, 0.4) is 0 Å². The SMILES string of the molecule is CCCC(=O)OCOC(=O)C(CCCCCCCCC(=O)O)COC(=O)CCC. The first kappa shape index (κ1) is 26.9. The van der Waals surface area contributed by atoms with Crippen molar-refractivity contribution in [3.8, 4) is 0 Å². The molecule has 1 atom stereocenters. The fourth-order valence-corrected chi connectivity index (χ4v) is 2.66. The van der Waals surface area contributed by atoms with Gasteiger partial charge in [0.1, 0.15) is 6.61 Å². The average molecular weight is 417 g/mol. The molecule has 0 fully saturated rings. The van der Waals surface area contributed by atoms with Crippen LogP contribution in [0.1, 0.15) is 90.9 Å². The Morgan fingerprint density at radius 3 is 1.86 bits per heavy atom. The fraction of sp³-hybridized carbons (Fsp3) is 0.810. The topological polar surface area (TPSA) is 116 Å². The highest BCUT2D eigenvalue weighted by Gasteiger charge is 2.22. The number of unbranched alkanes of at least 4 members (excludes halogenated alkanes) is 5. The molecular weight excluding hydrogens is 380 g/mol. The average Bonchev–Trinajstić information content (AvgIpc) is 2.66. The highest BCUT2D eigenvalue weighted by molar-refractivity contribution is 5.74. The van der Waals surface area contributed by atoms with Gasteiger partial charge in [-0.25, -0.2) is 0 Å². The molecule has 0 aromatic rings. The van der Waals surface area contributed by atoms with Crippen LogP contribution in [0.5, 0.6) is 0 Å². The van der Waals surface area contributed by atoms with Crippen LogP contribution >= 0.6 is 0 Å². The lowest BCUT2D eigenvalue weighted by Gasteiger charge is -2.16. The number of hydrogen-bond acceptors (Lipinski definition) is 7. The first-order chi connectivity index (χ1) is 13.9. The summed E-state index contributed by atoms with van der Waals surface area (Å²) in [6.07, 6.45) is 7.69. The molecule has 8 heteroatoms. The van der Waals surface area contributed by atoms with Crippen molar-refractivity contribution < 1.29 is 38.5 Å². The van der Waals surface area contributed by atoms with Gasteiger partial charge in [-0.1, -0.05) is 46.0 Å². The molecule has 0 aliphatic carbocycles. The molecule has 0 aliphatic rings. The van der Waals surface area contributed by atoms with Crippen molar-refractivity contribution in [2.45, 2.75) is 90.9 Å². The second-order valence-electron chi connectivity index (χ2n) is 7.03. The largest absolute Gasteiger partial charge is 0.481 e. The smallest absolute Gasteiger partial charge is 0.315 e. The van der Waals surface area contributed by atoms with Gasteiger partial charge in [0.05, 0.1) is 5.92 Å². The minimum Gasteiger partial charge on any atom is -0.481 e. The summed E-state index contributed by atoms with van der Waals surface area (Å²) in [6, 6.07) is 0. The Hall–Kier alpha value is -2.12. The summed E-state index contributed by atoms with van der Waals surface area (Å²) in [4.78, 5) is 45.6. The summed E-state index contributed by atoms with van der Waals surface area (Å²) in [6.45, 7) is 3.24. The normalized spacial score (nSPS) is 11.5. The third-order valence-corrected chi connectivity index (χ3v) is 4.30. The first-order valence-electron chi connectivity index (χ1n) is 10.6. The fourth-order valence-electron chi connectivity index (χ4n) is 2.66. The van der Waals surface area contributed by atoms with Crippen LogP contribution < -0.4 is 0 Å². The van der Waals surface area contributed by atoms with Gasteiger partial charge < -0.3 is 19.3 Å². The zero-order valence-electron chi connectivity index (χ0n) is 17.8. The Kier molecular flexibility index (Phi) is 16.6. The van der Waals surface area contributed by atoms with Gasteiger partial charge in [-0.05, 0) is 25.7 Å². The van der Waals surface area contributed by atoms with Crippen molar-refractivity contribution in [3.05, 3.63) is 0 Å². The molecule has 0 amide bonds. The van der Waals surface area contributed by atoms with Gasteiger partial charge >= 0.3 is 23.9 Å². The molecule has 0 aliphatic heterocycles. The van der Waals surface area contributed by atoms with Crippen molar-refractivity contribution in [3.63, 3.8) is 0 Å². The molecule has 168 valence electrons. The standard InChI is InChI=1S/C21H36O8/c1-3-11-19(24)27-15-17(21(26)29-16-28-20(25)12-4-2)13-9-7-5-6-8-10-14-18(22)23/h17H,3-16H2,1-2H3,(H,22,23). The van der Waals surface area contributed by atoms with Crippen LogP contribution in [0.15, 0.2) is 0 Å². The number of carbonyl (C=O) groups excluding carboxylic acids is 3. The van der Waals surface area contributed by atoms with E-state index in [1.165, 1.54) is 0 Å². The highest BCUT2D eigenvalue weighted by atomic mass is 16.7. The zero-order chi connectivity index (χ0) is 21.9. The predicted octanol–water partition coefficient (Wildman–Crippen LogP) is 4.00. The van der Waals surface area contributed by atoms with Gasteiger partial charge in [-0.2, -0.15) is 0 Å². The second kappa shape index (κ2) is 17.9. The van der Waals surface area contributed by atoms with E-state index in [0.717, 1.165) is 32.1 Å². The van der Waals surface area contributed by atoms with E-state index in [1.807, 2.05) is 13.8 Å². The van der Waals surface area contributed by atoms with E-state index < -0.39 is 30.6 Å². The molecule has 1 N–H and O–H groups in total. The number of ether oxygens (including phenoxy) is 3. The number of aliphatic carboxylic acids is 1. The molecular formula is C21H36O8. The maximum absolute atomic E-state index is 12.3. The van der Waals surface area contributed by atoms with Crippen LogP contribution in [-0.4, -0.2) is 42.4 Å². The number of esters is 3. The summed E-state index contributed by atoms with van der Waals surface area (Å²) in [5.74, 6) is -2.68. The van der Waals surface area contributed by atoms with E-state index >= 15 is 0 Å². The van der Waals surface area contributed by atoms with Crippen LogP contribution in [0.2, 0.25) is 0 Å². The third kappa shape index (κ3) is 16.5. The highest BCUT2D eigenvalue weighted by Crippen LogP contribution is 2.15. The minimum atomic E-state index is -0.774. The Morgan fingerprint density at radius 1 is 0.724 bits per heavy atom. The van der Waals surface area contributed by atoms with Crippen LogP contribution in [0.25, 0.3) is 0 Å². The van der Waals surface area contributed by atoms with Crippen molar-refractivity contribution in [2.24, 2.45) is 5.92 Å². The van der Waals surface area contributed by atoms with Gasteiger partial charge in [-0.3, -0.25) is 19.2 Å². The Morgan fingerprint density at radius 2 is 1.28 bits per heavy atom. The summed E-state index contributed by atoms with van der Waals surface area (Å²) in [5.41, 5.74) is 0. The molecule has 0 aromatic carbocycles. The Labute approximate surface area is 173 Å². The Balaban J connectivity index is 4.24. The van der Waals surface area contributed by atoms with Gasteiger partial charge in [-0.15, -0.1) is 0 Å². The lowest BCUT2D eigenvalue weighted by atomic mass is 10.0. The van der Waals surface area contributed by atoms with Crippen LogP contribution in [0.4, 0.5) is 0 Å². The van der Waals surface area contributed by atoms with Gasteiger partial charge in [0, 0.05) is 19.3 Å². The monoisotopic (exact) mass is 416 g/mol. The summed E-state index contributed by atoms with van der Waals surface area (Å²) in [5, 5.41) is 8.60. The second-order valence-corrected chi connectivity index (χ2v) is 7.03. The lowest BCUT2D eigenvalue weighted by molar-refractivity contribution is -0.172. The van der Waals surface area contributed by atoms with E-state index in [1.54, 1.807) is 0 Å². The van der Waals surface area contributed by atoms with Crippen LogP contribution in [0, 0.1) is 5.92 Å². The quantitative estimate of drug-likeness (QED) is 0.202. The zero-order valence-corrected chi connectivity index (χ0v) is 17.8. The van der Waals surface area contributed by atoms with E-state index in [2.05, 4.69) is 0 Å². The lowest BCUT2D eigenvalue weighted by Crippen LogP contribution is -2.25. The minimum absolute atomic E-state index is 0.0425. The summed E-state index contributed by atoms with van der Waals surface area (Å²) >= 11 is 0. The first-order valence-corrected chi connectivity index (χ1v) is 10.6. The van der Waals surface area contributed by atoms with E-state index in [0.29, 0.717) is 32.1 Å². The van der Waals surface area contributed by atoms with E-state index in [9.17, 15) is 19.2 Å². The molecule has 0 bridgehead atoms. The van der Waals surface area contributed by atoms with Gasteiger partial charge in [0.15, 0.2) is 0 Å². The molecule has 0 saturated carbocycles. The van der Waals surface area contributed by atoms with E-state index in [-0.39, 0.29) is 25.4 Å². The van der Waals surface area contributed by atoms with Crippen molar-refractivity contribution >= 4 is 23.9 Å². The molecule has 8 nitrogen and oxygen atoms in total. The Bertz CT molecular complexity index is 489. The molecule has 0 saturated heterocycles. The molecule has 0 heterocycles. The number of carboxylic acids is 1. The van der Waals surface area contributed by atoms with Crippen molar-refractivity contribution in [1.82, 2.24) is 0 Å². The van der Waals surface area contributed by atoms with Crippen molar-refractivity contribution in [1.29, 1.82) is 0 Å². The van der Waals surface area contributed by atoms with Gasteiger partial charge in [0.2, 0.25) is 6.79 Å². The number of rotatable bonds is 18. The molecule has 0 rings (SSSR count). The van der Waals surface area contributed by atoms with E-state index in [4.69, 9.17) is 19.3 Å². The molecule has 0 spiro atoms. The van der Waals surface area contributed by atoms with Crippen LogP contribution in [-0.2, 0) is 33.4 Å². The maximum Gasteiger partial charge on any atom is 0.315 e. The maximum atomic E-state index is 12.3. The summed E-state index contributed by atoms with van der Waals surface area (Å²) in [7, 11) is 0. The number of carboxylic acid groups (broad SMARTS) is 1. The molecule has 0 aromatic heterocycles. The predicted molar refractivity (Wildman–Crippen MR) is 106 cm³/mol.